The maximum absolute atomic E-state index is 6.17. The van der Waals surface area contributed by atoms with Gasteiger partial charge in [0.15, 0.2) is 5.82 Å². The summed E-state index contributed by atoms with van der Waals surface area (Å²) in [4.78, 5) is 6.92. The second-order valence-corrected chi connectivity index (χ2v) is 6.48. The molecule has 1 saturated heterocycles. The van der Waals surface area contributed by atoms with Crippen molar-refractivity contribution in [3.8, 4) is 0 Å². The van der Waals surface area contributed by atoms with Gasteiger partial charge in [-0.1, -0.05) is 30.1 Å². The standard InChI is InChI=1S/C16H19Cl2N5/c1-2-12-5-3-4-8-23(12)15-10-19-22-16(21-15)20-14-9-11(17)6-7-13(14)18/h6-7,9-10,12H,2-5,8H2,1H3,(H,20,21,22). The first-order chi connectivity index (χ1) is 11.2. The lowest BCUT2D eigenvalue weighted by Gasteiger charge is -2.35. The molecule has 0 amide bonds. The molecule has 1 aromatic carbocycles. The topological polar surface area (TPSA) is 53.9 Å². The predicted octanol–water partition coefficient (Wildman–Crippen LogP) is 4.69. The quantitative estimate of drug-likeness (QED) is 0.865. The molecule has 1 atom stereocenters. The van der Waals surface area contributed by atoms with Gasteiger partial charge in [0.1, 0.15) is 0 Å². The highest BCUT2D eigenvalue weighted by atomic mass is 35.5. The van der Waals surface area contributed by atoms with Gasteiger partial charge < -0.3 is 10.2 Å². The number of anilines is 3. The molecule has 1 aliphatic rings. The molecule has 3 rings (SSSR count). The summed E-state index contributed by atoms with van der Waals surface area (Å²) in [6.45, 7) is 3.22. The van der Waals surface area contributed by atoms with Crippen LogP contribution in [0.1, 0.15) is 32.6 Å². The Morgan fingerprint density at radius 1 is 1.30 bits per heavy atom. The van der Waals surface area contributed by atoms with E-state index in [-0.39, 0.29) is 0 Å². The number of rotatable bonds is 4. The maximum Gasteiger partial charge on any atom is 0.249 e. The number of nitrogens with zero attached hydrogens (tertiary/aromatic N) is 4. The first-order valence-corrected chi connectivity index (χ1v) is 8.61. The second-order valence-electron chi connectivity index (χ2n) is 5.64. The van der Waals surface area contributed by atoms with E-state index in [0.29, 0.717) is 27.7 Å². The third kappa shape index (κ3) is 3.85. The highest BCUT2D eigenvalue weighted by Crippen LogP contribution is 2.29. The van der Waals surface area contributed by atoms with Crippen LogP contribution in [0, 0.1) is 0 Å². The number of hydrogen-bond donors (Lipinski definition) is 1. The number of nitrogens with one attached hydrogen (secondary N) is 1. The molecule has 0 aliphatic carbocycles. The van der Waals surface area contributed by atoms with Crippen molar-refractivity contribution in [2.24, 2.45) is 0 Å². The van der Waals surface area contributed by atoms with Crippen molar-refractivity contribution in [2.75, 3.05) is 16.8 Å². The van der Waals surface area contributed by atoms with Crippen molar-refractivity contribution in [1.29, 1.82) is 0 Å². The zero-order chi connectivity index (χ0) is 16.2. The van der Waals surface area contributed by atoms with Crippen LogP contribution in [0.3, 0.4) is 0 Å². The zero-order valence-electron chi connectivity index (χ0n) is 13.0. The summed E-state index contributed by atoms with van der Waals surface area (Å²) in [5, 5.41) is 12.4. The first kappa shape index (κ1) is 16.3. The number of benzene rings is 1. The van der Waals surface area contributed by atoms with E-state index in [2.05, 4.69) is 32.3 Å². The smallest absolute Gasteiger partial charge is 0.249 e. The SMILES string of the molecule is CCC1CCCCN1c1cnnc(Nc2cc(Cl)ccc2Cl)n1. The maximum atomic E-state index is 6.17. The molecule has 0 saturated carbocycles. The molecule has 23 heavy (non-hydrogen) atoms. The average molecular weight is 352 g/mol. The Labute approximate surface area is 146 Å². The van der Waals surface area contributed by atoms with E-state index in [1.54, 1.807) is 24.4 Å². The predicted molar refractivity (Wildman–Crippen MR) is 94.8 cm³/mol. The Morgan fingerprint density at radius 2 is 2.17 bits per heavy atom. The van der Waals surface area contributed by atoms with Gasteiger partial charge in [-0.05, 0) is 43.9 Å². The van der Waals surface area contributed by atoms with Gasteiger partial charge in [0.05, 0.1) is 16.9 Å². The Kier molecular flexibility index (Phi) is 5.18. The molecule has 2 heterocycles. The molecule has 1 fully saturated rings. The van der Waals surface area contributed by atoms with Crippen LogP contribution in [0.25, 0.3) is 0 Å². The summed E-state index contributed by atoms with van der Waals surface area (Å²) >= 11 is 12.2. The van der Waals surface area contributed by atoms with E-state index in [0.717, 1.165) is 18.8 Å². The Balaban J connectivity index is 1.83. The molecule has 1 aromatic heterocycles. The number of aromatic nitrogens is 3. The number of hydrogen-bond acceptors (Lipinski definition) is 5. The molecule has 5 nitrogen and oxygen atoms in total. The summed E-state index contributed by atoms with van der Waals surface area (Å²) in [7, 11) is 0. The van der Waals surface area contributed by atoms with Crippen LogP contribution in [-0.4, -0.2) is 27.8 Å². The normalized spacial score (nSPS) is 18.0. The monoisotopic (exact) mass is 351 g/mol. The van der Waals surface area contributed by atoms with E-state index >= 15 is 0 Å². The van der Waals surface area contributed by atoms with Crippen LogP contribution >= 0.6 is 23.2 Å². The number of piperidine rings is 1. The van der Waals surface area contributed by atoms with Crippen LogP contribution in [0.5, 0.6) is 0 Å². The van der Waals surface area contributed by atoms with Crippen molar-refractivity contribution in [1.82, 2.24) is 15.2 Å². The lowest BCUT2D eigenvalue weighted by molar-refractivity contribution is 0.446. The summed E-state index contributed by atoms with van der Waals surface area (Å²) in [5.74, 6) is 1.28. The van der Waals surface area contributed by atoms with Gasteiger partial charge in [-0.3, -0.25) is 0 Å². The van der Waals surface area contributed by atoms with Crippen LogP contribution in [-0.2, 0) is 0 Å². The van der Waals surface area contributed by atoms with Crippen LogP contribution in [0.15, 0.2) is 24.4 Å². The minimum Gasteiger partial charge on any atom is -0.352 e. The van der Waals surface area contributed by atoms with Gasteiger partial charge in [-0.25, -0.2) is 0 Å². The summed E-state index contributed by atoms with van der Waals surface area (Å²) in [6, 6.07) is 5.74. The number of halogens is 2. The Morgan fingerprint density at radius 3 is 3.00 bits per heavy atom. The molecule has 0 spiro atoms. The van der Waals surface area contributed by atoms with Gasteiger partial charge >= 0.3 is 0 Å². The fourth-order valence-corrected chi connectivity index (χ4v) is 3.26. The fourth-order valence-electron chi connectivity index (χ4n) is 2.93. The lowest BCUT2D eigenvalue weighted by Crippen LogP contribution is -2.39. The van der Waals surface area contributed by atoms with Crippen molar-refractivity contribution in [3.63, 3.8) is 0 Å². The van der Waals surface area contributed by atoms with Gasteiger partial charge in [-0.2, -0.15) is 10.1 Å². The van der Waals surface area contributed by atoms with Gasteiger partial charge in [0.2, 0.25) is 5.95 Å². The minimum absolute atomic E-state index is 0.423. The summed E-state index contributed by atoms with van der Waals surface area (Å²) in [6.07, 6.45) is 6.48. The van der Waals surface area contributed by atoms with Gasteiger partial charge in [0, 0.05) is 17.6 Å². The third-order valence-electron chi connectivity index (χ3n) is 4.11. The molecule has 0 radical (unpaired) electrons. The molecule has 0 bridgehead atoms. The van der Waals surface area contributed by atoms with Crippen molar-refractivity contribution in [3.05, 3.63) is 34.4 Å². The summed E-state index contributed by atoms with van der Waals surface area (Å²) in [5.41, 5.74) is 0.670. The molecular formula is C16H19Cl2N5. The van der Waals surface area contributed by atoms with E-state index < -0.39 is 0 Å². The zero-order valence-corrected chi connectivity index (χ0v) is 14.5. The van der Waals surface area contributed by atoms with E-state index in [9.17, 15) is 0 Å². The van der Waals surface area contributed by atoms with Gasteiger partial charge in [-0.15, -0.1) is 5.10 Å². The van der Waals surface area contributed by atoms with Crippen LogP contribution in [0.2, 0.25) is 10.0 Å². The Hall–Kier alpha value is -1.59. The van der Waals surface area contributed by atoms with Crippen molar-refractivity contribution in [2.45, 2.75) is 38.6 Å². The minimum atomic E-state index is 0.423. The molecule has 1 unspecified atom stereocenters. The van der Waals surface area contributed by atoms with E-state index in [1.807, 2.05) is 0 Å². The molecule has 1 N–H and O–H groups in total. The highest BCUT2D eigenvalue weighted by molar-refractivity contribution is 6.35. The fraction of sp³-hybridized carbons (Fsp3) is 0.438. The first-order valence-electron chi connectivity index (χ1n) is 7.86. The van der Waals surface area contributed by atoms with Crippen molar-refractivity contribution < 1.29 is 0 Å². The van der Waals surface area contributed by atoms with Crippen molar-refractivity contribution >= 4 is 40.7 Å². The Bertz CT molecular complexity index is 679. The van der Waals surface area contributed by atoms with E-state index in [1.165, 1.54) is 19.3 Å². The summed E-state index contributed by atoms with van der Waals surface area (Å²) < 4.78 is 0. The molecule has 2 aromatic rings. The molecule has 122 valence electrons. The highest BCUT2D eigenvalue weighted by Gasteiger charge is 2.22. The third-order valence-corrected chi connectivity index (χ3v) is 4.68. The lowest BCUT2D eigenvalue weighted by atomic mass is 10.0. The molecule has 1 aliphatic heterocycles. The van der Waals surface area contributed by atoms with E-state index in [4.69, 9.17) is 23.2 Å². The second kappa shape index (κ2) is 7.32. The average Bonchev–Trinajstić information content (AvgIpc) is 2.58. The molecular weight excluding hydrogens is 333 g/mol. The van der Waals surface area contributed by atoms with Gasteiger partial charge in [0.25, 0.3) is 0 Å². The largest absolute Gasteiger partial charge is 0.352 e. The molecule has 7 heteroatoms. The van der Waals surface area contributed by atoms with Crippen LogP contribution in [0.4, 0.5) is 17.5 Å². The van der Waals surface area contributed by atoms with Crippen LogP contribution < -0.4 is 10.2 Å².